The van der Waals surface area contributed by atoms with Gasteiger partial charge in [-0.05, 0) is 68.4 Å². The molecule has 2 aliphatic heterocycles. The number of nitrogens with zero attached hydrogens (tertiary/aromatic N) is 2. The lowest BCUT2D eigenvalue weighted by atomic mass is 9.91. The second-order valence-electron chi connectivity index (χ2n) is 14.1. The zero-order valence-corrected chi connectivity index (χ0v) is 29.7. The van der Waals surface area contributed by atoms with Crippen LogP contribution in [0.15, 0.2) is 190 Å². The summed E-state index contributed by atoms with van der Waals surface area (Å²) >= 11 is 0. The maximum absolute atomic E-state index is 6.49. The van der Waals surface area contributed by atoms with E-state index in [1.54, 1.807) is 0 Å². The Balaban J connectivity index is 1.08. The highest BCUT2D eigenvalue weighted by molar-refractivity contribution is 6.21. The first-order chi connectivity index (χ1) is 27.3. The van der Waals surface area contributed by atoms with Gasteiger partial charge in [0.2, 0.25) is 0 Å². The lowest BCUT2D eigenvalue weighted by molar-refractivity contribution is 0.296. The highest BCUT2D eigenvalue weighted by atomic mass is 16.5. The lowest BCUT2D eigenvalue weighted by Crippen LogP contribution is -2.34. The van der Waals surface area contributed by atoms with Gasteiger partial charge in [0.25, 0.3) is 0 Å². The predicted octanol–water partition coefficient (Wildman–Crippen LogP) is 12.1. The Morgan fingerprint density at radius 2 is 1.18 bits per heavy atom. The van der Waals surface area contributed by atoms with Gasteiger partial charge < -0.3 is 14.5 Å². The van der Waals surface area contributed by atoms with E-state index in [-0.39, 0.29) is 0 Å². The third-order valence-corrected chi connectivity index (χ3v) is 10.9. The predicted molar refractivity (Wildman–Crippen MR) is 224 cm³/mol. The van der Waals surface area contributed by atoms with E-state index in [0.717, 1.165) is 83.2 Å². The largest absolute Gasteiger partial charge is 0.488 e. The number of aliphatic imine (C=N–C) groups is 2. The molecule has 1 aromatic heterocycles. The number of hydrogen-bond donors (Lipinski definition) is 1. The van der Waals surface area contributed by atoms with Gasteiger partial charge in [0.15, 0.2) is 12.0 Å². The second-order valence-corrected chi connectivity index (χ2v) is 14.1. The lowest BCUT2D eigenvalue weighted by Gasteiger charge is -2.28. The molecule has 5 heteroatoms. The van der Waals surface area contributed by atoms with Crippen LogP contribution in [0, 0.1) is 0 Å². The van der Waals surface area contributed by atoms with E-state index in [2.05, 4.69) is 157 Å². The average Bonchev–Trinajstić information content (AvgIpc) is 3.64. The molecule has 1 N–H and O–H groups in total. The minimum atomic E-state index is -0.425. The van der Waals surface area contributed by atoms with E-state index in [9.17, 15) is 0 Å². The number of amidine groups is 2. The molecule has 3 heterocycles. The van der Waals surface area contributed by atoms with Gasteiger partial charge in [-0.25, -0.2) is 9.98 Å². The number of rotatable bonds is 5. The van der Waals surface area contributed by atoms with Crippen LogP contribution in [0.25, 0.3) is 66.1 Å². The van der Waals surface area contributed by atoms with Crippen molar-refractivity contribution in [3.63, 3.8) is 0 Å². The van der Waals surface area contributed by atoms with Crippen molar-refractivity contribution in [2.24, 2.45) is 9.98 Å². The molecule has 0 saturated heterocycles. The summed E-state index contributed by atoms with van der Waals surface area (Å²) < 4.78 is 12.9. The van der Waals surface area contributed by atoms with Crippen LogP contribution in [0.5, 0.6) is 5.75 Å². The highest BCUT2D eigenvalue weighted by Crippen LogP contribution is 2.44. The molecule has 0 aliphatic carbocycles. The number of ether oxygens (including phenoxy) is 1. The molecule has 260 valence electrons. The van der Waals surface area contributed by atoms with Gasteiger partial charge >= 0.3 is 0 Å². The molecule has 1 unspecified atom stereocenters. The molecule has 1 atom stereocenters. The molecule has 0 amide bonds. The van der Waals surface area contributed by atoms with E-state index in [1.165, 1.54) is 16.7 Å². The quantitative estimate of drug-likeness (QED) is 0.194. The van der Waals surface area contributed by atoms with E-state index in [0.29, 0.717) is 12.4 Å². The molecule has 55 heavy (non-hydrogen) atoms. The molecule has 11 rings (SSSR count). The van der Waals surface area contributed by atoms with Crippen LogP contribution in [-0.2, 0) is 6.61 Å². The maximum atomic E-state index is 6.49. The summed E-state index contributed by atoms with van der Waals surface area (Å²) in [5, 5.41) is 8.06. The van der Waals surface area contributed by atoms with Gasteiger partial charge in [0.1, 0.15) is 29.4 Å². The summed E-state index contributed by atoms with van der Waals surface area (Å²) in [6.45, 7) is 0.515. The van der Waals surface area contributed by atoms with Crippen molar-refractivity contribution < 1.29 is 9.15 Å². The first-order valence-electron chi connectivity index (χ1n) is 18.6. The van der Waals surface area contributed by atoms with Gasteiger partial charge in [-0.2, -0.15) is 0 Å². The standard InChI is InChI=1S/C50H33N3O2/c1-3-13-31(14-4-1)33-25-28-44-43(29-33)46-39(21-12-24-45(46)55-44)38-26-27-41(37-20-10-9-19-36(37)38)49-51-48(32-15-5-2-6-16-32)52-50(53-49)42-23-11-22-40-35-18-8-7-17-34(35)30-54-47(40)42/h1-29,50H,30H2,(H,51,52,53). The van der Waals surface area contributed by atoms with Crippen LogP contribution in [0.1, 0.15) is 28.4 Å². The Morgan fingerprint density at radius 3 is 2.04 bits per heavy atom. The summed E-state index contributed by atoms with van der Waals surface area (Å²) in [4.78, 5) is 10.6. The van der Waals surface area contributed by atoms with E-state index >= 15 is 0 Å². The van der Waals surface area contributed by atoms with Gasteiger partial charge in [-0.1, -0.05) is 152 Å². The third kappa shape index (κ3) is 5.24. The first kappa shape index (κ1) is 31.3. The van der Waals surface area contributed by atoms with E-state index in [4.69, 9.17) is 19.1 Å². The number of benzene rings is 8. The van der Waals surface area contributed by atoms with Crippen molar-refractivity contribution in [1.29, 1.82) is 0 Å². The van der Waals surface area contributed by atoms with Crippen molar-refractivity contribution in [3.05, 3.63) is 198 Å². The number of furan rings is 1. The minimum absolute atomic E-state index is 0.425. The molecule has 5 nitrogen and oxygen atoms in total. The number of para-hydroxylation sites is 1. The van der Waals surface area contributed by atoms with Crippen LogP contribution in [0.3, 0.4) is 0 Å². The third-order valence-electron chi connectivity index (χ3n) is 10.9. The van der Waals surface area contributed by atoms with Crippen LogP contribution in [0.2, 0.25) is 0 Å². The summed E-state index contributed by atoms with van der Waals surface area (Å²) in [6.07, 6.45) is -0.425. The normalized spacial score (nSPS) is 14.8. The van der Waals surface area contributed by atoms with Gasteiger partial charge in [0, 0.05) is 33.0 Å². The number of fused-ring (bicyclic) bond motifs is 7. The van der Waals surface area contributed by atoms with Crippen molar-refractivity contribution in [1.82, 2.24) is 5.32 Å². The Hall–Kier alpha value is -7.24. The topological polar surface area (TPSA) is 59.1 Å². The summed E-state index contributed by atoms with van der Waals surface area (Å²) in [5.41, 5.74) is 12.7. The number of nitrogens with one attached hydrogen (secondary N) is 1. The molecule has 8 aromatic carbocycles. The van der Waals surface area contributed by atoms with Crippen LogP contribution in [-0.4, -0.2) is 11.7 Å². The van der Waals surface area contributed by atoms with Crippen molar-refractivity contribution in [2.45, 2.75) is 12.8 Å². The Morgan fingerprint density at radius 1 is 0.491 bits per heavy atom. The van der Waals surface area contributed by atoms with Gasteiger partial charge in [-0.15, -0.1) is 0 Å². The fourth-order valence-electron chi connectivity index (χ4n) is 8.26. The average molecular weight is 708 g/mol. The molecule has 0 fully saturated rings. The SMILES string of the molecule is c1ccc(C2=NC(c3ccc(-c4cccc5oc6ccc(-c7ccccc7)cc6c45)c4ccccc34)=NC(c3cccc4c3OCc3ccccc3-4)N2)cc1. The highest BCUT2D eigenvalue weighted by Gasteiger charge is 2.28. The summed E-state index contributed by atoms with van der Waals surface area (Å²) in [5.74, 6) is 2.28. The smallest absolute Gasteiger partial charge is 0.160 e. The van der Waals surface area contributed by atoms with Gasteiger partial charge in [0.05, 0.1) is 0 Å². The Kier molecular flexibility index (Phi) is 7.24. The Bertz CT molecular complexity index is 3020. The monoisotopic (exact) mass is 707 g/mol. The fourth-order valence-corrected chi connectivity index (χ4v) is 8.26. The van der Waals surface area contributed by atoms with Crippen molar-refractivity contribution in [2.75, 3.05) is 0 Å². The maximum Gasteiger partial charge on any atom is 0.160 e. The molecule has 2 aliphatic rings. The molecular formula is C50H33N3O2. The zero-order chi connectivity index (χ0) is 36.3. The second kappa shape index (κ2) is 12.7. The van der Waals surface area contributed by atoms with Crippen molar-refractivity contribution in [3.8, 4) is 39.1 Å². The first-order valence-corrected chi connectivity index (χ1v) is 18.6. The molecule has 0 bridgehead atoms. The van der Waals surface area contributed by atoms with Gasteiger partial charge in [-0.3, -0.25) is 0 Å². The minimum Gasteiger partial charge on any atom is -0.488 e. The zero-order valence-electron chi connectivity index (χ0n) is 29.7. The Labute approximate surface area is 317 Å². The molecule has 0 saturated carbocycles. The molecule has 0 spiro atoms. The van der Waals surface area contributed by atoms with E-state index in [1.807, 2.05) is 24.3 Å². The molecular weight excluding hydrogens is 675 g/mol. The number of hydrogen-bond acceptors (Lipinski definition) is 5. The van der Waals surface area contributed by atoms with Crippen LogP contribution >= 0.6 is 0 Å². The van der Waals surface area contributed by atoms with Crippen molar-refractivity contribution >= 4 is 44.4 Å². The molecule has 0 radical (unpaired) electrons. The summed E-state index contributed by atoms with van der Waals surface area (Å²) in [6, 6.07) is 61.4. The fraction of sp³-hybridized carbons (Fsp3) is 0.0400. The molecule has 9 aromatic rings. The van der Waals surface area contributed by atoms with Crippen LogP contribution < -0.4 is 10.1 Å². The van der Waals surface area contributed by atoms with Crippen LogP contribution in [0.4, 0.5) is 0 Å². The van der Waals surface area contributed by atoms with E-state index < -0.39 is 6.17 Å². The summed E-state index contributed by atoms with van der Waals surface area (Å²) in [7, 11) is 0.